The molecule has 12 heteroatoms. The zero-order chi connectivity index (χ0) is 20.7. The van der Waals surface area contributed by atoms with Crippen molar-refractivity contribution in [2.24, 2.45) is 5.73 Å². The first kappa shape index (κ1) is 22.8. The number of carbonyl (C=O) groups is 4. The second kappa shape index (κ2) is 10.2. The third-order valence-electron chi connectivity index (χ3n) is 4.22. The molecule has 1 aliphatic rings. The van der Waals surface area contributed by atoms with E-state index in [4.69, 9.17) is 15.9 Å². The topological polar surface area (TPSA) is 203 Å². The van der Waals surface area contributed by atoms with Gasteiger partial charge in [0.15, 0.2) is 6.04 Å². The van der Waals surface area contributed by atoms with Crippen LogP contribution in [0.4, 0.5) is 0 Å². The molecule has 3 amide bonds. The van der Waals surface area contributed by atoms with E-state index in [0.29, 0.717) is 6.42 Å². The van der Waals surface area contributed by atoms with Crippen molar-refractivity contribution in [2.75, 3.05) is 19.8 Å². The Morgan fingerprint density at radius 3 is 2.30 bits per heavy atom. The van der Waals surface area contributed by atoms with Crippen LogP contribution in [0.2, 0.25) is 0 Å². The fraction of sp³-hybridized carbons (Fsp3) is 0.733. The smallest absolute Gasteiger partial charge is 0.328 e. The summed E-state index contributed by atoms with van der Waals surface area (Å²) in [6.07, 6.45) is -0.633. The van der Waals surface area contributed by atoms with Gasteiger partial charge in [-0.2, -0.15) is 0 Å². The van der Waals surface area contributed by atoms with Crippen LogP contribution in [0.3, 0.4) is 0 Å². The van der Waals surface area contributed by atoms with E-state index in [2.05, 4.69) is 10.6 Å². The van der Waals surface area contributed by atoms with Crippen LogP contribution in [0, 0.1) is 0 Å². The van der Waals surface area contributed by atoms with Crippen molar-refractivity contribution in [2.45, 2.75) is 50.0 Å². The Balaban J connectivity index is 2.84. The van der Waals surface area contributed by atoms with Gasteiger partial charge in [0.1, 0.15) is 18.1 Å². The summed E-state index contributed by atoms with van der Waals surface area (Å²) in [5.41, 5.74) is 5.35. The number of rotatable bonds is 9. The maximum Gasteiger partial charge on any atom is 0.328 e. The third kappa shape index (κ3) is 5.85. The normalized spacial score (nSPS) is 21.1. The number of nitrogens with two attached hydrogens (primary N) is 1. The zero-order valence-electron chi connectivity index (χ0n) is 14.9. The van der Waals surface area contributed by atoms with Gasteiger partial charge < -0.3 is 41.7 Å². The van der Waals surface area contributed by atoms with Crippen molar-refractivity contribution in [1.29, 1.82) is 0 Å². The Morgan fingerprint density at radius 1 is 1.19 bits per heavy atom. The van der Waals surface area contributed by atoms with Crippen LogP contribution in [0.5, 0.6) is 0 Å². The van der Waals surface area contributed by atoms with Gasteiger partial charge in [-0.25, -0.2) is 4.79 Å². The highest BCUT2D eigenvalue weighted by Crippen LogP contribution is 2.19. The molecule has 27 heavy (non-hydrogen) atoms. The molecule has 0 aromatic carbocycles. The van der Waals surface area contributed by atoms with Crippen LogP contribution in [-0.4, -0.2) is 99.0 Å². The molecule has 0 radical (unpaired) electrons. The van der Waals surface area contributed by atoms with Crippen molar-refractivity contribution < 1.29 is 39.6 Å². The van der Waals surface area contributed by atoms with E-state index in [9.17, 15) is 29.4 Å². The third-order valence-corrected chi connectivity index (χ3v) is 4.22. The molecule has 5 atom stereocenters. The molecule has 8 N–H and O–H groups in total. The average molecular weight is 390 g/mol. The Bertz CT molecular complexity index is 570. The van der Waals surface area contributed by atoms with Gasteiger partial charge >= 0.3 is 5.97 Å². The van der Waals surface area contributed by atoms with E-state index in [0.717, 1.165) is 4.90 Å². The van der Waals surface area contributed by atoms with Gasteiger partial charge in [0.25, 0.3) is 0 Å². The van der Waals surface area contributed by atoms with Crippen molar-refractivity contribution in [3.8, 4) is 0 Å². The lowest BCUT2D eigenvalue weighted by Crippen LogP contribution is -2.58. The van der Waals surface area contributed by atoms with Gasteiger partial charge in [-0.3, -0.25) is 14.4 Å². The second-order valence-corrected chi connectivity index (χ2v) is 6.29. The first-order valence-corrected chi connectivity index (χ1v) is 8.43. The van der Waals surface area contributed by atoms with Gasteiger partial charge in [-0.1, -0.05) is 0 Å². The Labute approximate surface area is 155 Å². The second-order valence-electron chi connectivity index (χ2n) is 6.29. The van der Waals surface area contributed by atoms with Crippen LogP contribution in [0.15, 0.2) is 0 Å². The average Bonchev–Trinajstić information content (AvgIpc) is 3.11. The predicted octanol–water partition coefficient (Wildman–Crippen LogP) is -4.28. The lowest BCUT2D eigenvalue weighted by atomic mass is 10.1. The van der Waals surface area contributed by atoms with Gasteiger partial charge in [0.2, 0.25) is 17.7 Å². The summed E-state index contributed by atoms with van der Waals surface area (Å²) in [7, 11) is 0. The van der Waals surface area contributed by atoms with Gasteiger partial charge in [-0.15, -0.1) is 0 Å². The Morgan fingerprint density at radius 2 is 1.81 bits per heavy atom. The molecule has 1 saturated heterocycles. The molecule has 0 aromatic rings. The number of amides is 3. The molecule has 0 spiro atoms. The maximum absolute atomic E-state index is 12.6. The lowest BCUT2D eigenvalue weighted by Gasteiger charge is -2.29. The molecule has 1 fully saturated rings. The summed E-state index contributed by atoms with van der Waals surface area (Å²) in [5, 5.41) is 41.2. The predicted molar refractivity (Wildman–Crippen MR) is 90.1 cm³/mol. The molecule has 0 aromatic heterocycles. The van der Waals surface area contributed by atoms with Gasteiger partial charge in [0, 0.05) is 6.54 Å². The minimum atomic E-state index is -1.54. The van der Waals surface area contributed by atoms with Crippen molar-refractivity contribution in [3.63, 3.8) is 0 Å². The summed E-state index contributed by atoms with van der Waals surface area (Å²) in [6.45, 7) is -0.0259. The number of aliphatic carboxylic acids is 1. The number of aliphatic hydroxyl groups excluding tert-OH is 3. The number of nitrogens with zero attached hydrogens (tertiary/aromatic N) is 1. The molecule has 1 heterocycles. The van der Waals surface area contributed by atoms with Crippen molar-refractivity contribution in [3.05, 3.63) is 0 Å². The number of likely N-dealkylation sites (tertiary alicyclic amines) is 1. The number of carbonyl (C=O) groups excluding carboxylic acids is 3. The van der Waals surface area contributed by atoms with Crippen molar-refractivity contribution >= 4 is 23.7 Å². The van der Waals surface area contributed by atoms with Gasteiger partial charge in [-0.05, 0) is 19.8 Å². The quantitative estimate of drug-likeness (QED) is 0.203. The van der Waals surface area contributed by atoms with E-state index in [1.165, 1.54) is 6.92 Å². The number of hydrogen-bond acceptors (Lipinski definition) is 8. The summed E-state index contributed by atoms with van der Waals surface area (Å²) >= 11 is 0. The fourth-order valence-electron chi connectivity index (χ4n) is 2.69. The van der Waals surface area contributed by atoms with E-state index in [1.54, 1.807) is 0 Å². The zero-order valence-corrected chi connectivity index (χ0v) is 14.9. The highest BCUT2D eigenvalue weighted by atomic mass is 16.4. The largest absolute Gasteiger partial charge is 0.480 e. The summed E-state index contributed by atoms with van der Waals surface area (Å²) in [4.78, 5) is 48.9. The number of carboxylic acid groups (broad SMARTS) is 1. The van der Waals surface area contributed by atoms with Crippen LogP contribution in [0.25, 0.3) is 0 Å². The van der Waals surface area contributed by atoms with Crippen LogP contribution in [0.1, 0.15) is 19.8 Å². The summed E-state index contributed by atoms with van der Waals surface area (Å²) in [5.74, 6) is -3.76. The minimum Gasteiger partial charge on any atom is -0.480 e. The van der Waals surface area contributed by atoms with E-state index in [1.807, 2.05) is 0 Å². The SMILES string of the molecule is CC(O)C(NC(=O)C1CCCN1C(=O)C(CO)NC(=O)C(N)CO)C(=O)O. The van der Waals surface area contributed by atoms with E-state index < -0.39 is 67.2 Å². The Kier molecular flexibility index (Phi) is 8.56. The Hall–Kier alpha value is -2.28. The molecule has 0 saturated carbocycles. The minimum absolute atomic E-state index is 0.168. The molecule has 12 nitrogen and oxygen atoms in total. The molecule has 0 aliphatic carbocycles. The van der Waals surface area contributed by atoms with E-state index >= 15 is 0 Å². The molecular formula is C15H26N4O8. The van der Waals surface area contributed by atoms with Crippen molar-refractivity contribution in [1.82, 2.24) is 15.5 Å². The lowest BCUT2D eigenvalue weighted by molar-refractivity contribution is -0.147. The number of carboxylic acids is 1. The van der Waals surface area contributed by atoms with E-state index in [-0.39, 0.29) is 13.0 Å². The van der Waals surface area contributed by atoms with Crippen LogP contribution >= 0.6 is 0 Å². The number of nitrogens with one attached hydrogen (secondary N) is 2. The monoisotopic (exact) mass is 390 g/mol. The molecular weight excluding hydrogens is 364 g/mol. The molecule has 1 rings (SSSR count). The maximum atomic E-state index is 12.6. The molecule has 5 unspecified atom stereocenters. The summed E-state index contributed by atoms with van der Waals surface area (Å²) < 4.78 is 0. The summed E-state index contributed by atoms with van der Waals surface area (Å²) in [6, 6.07) is -5.18. The standard InChI is InChI=1S/C15H26N4O8/c1-7(22)11(15(26)27)18-13(24)10-3-2-4-19(10)14(25)9(6-21)17-12(23)8(16)5-20/h7-11,20-22H,2-6,16H2,1H3,(H,17,23)(H,18,24)(H,26,27). The van der Waals surface area contributed by atoms with Gasteiger partial charge in [0.05, 0.1) is 19.3 Å². The highest BCUT2D eigenvalue weighted by molar-refractivity contribution is 5.94. The fourth-order valence-corrected chi connectivity index (χ4v) is 2.69. The molecule has 1 aliphatic heterocycles. The highest BCUT2D eigenvalue weighted by Gasteiger charge is 2.39. The molecule has 154 valence electrons. The first-order valence-electron chi connectivity index (χ1n) is 8.43. The number of hydrogen-bond donors (Lipinski definition) is 7. The van der Waals surface area contributed by atoms with Crippen LogP contribution < -0.4 is 16.4 Å². The molecule has 0 bridgehead atoms. The van der Waals surface area contributed by atoms with Crippen LogP contribution in [-0.2, 0) is 19.2 Å². The number of aliphatic hydroxyl groups is 3. The first-order chi connectivity index (χ1) is 12.6.